The maximum atomic E-state index is 10.4. The van der Waals surface area contributed by atoms with Crippen LogP contribution in [-0.2, 0) is 17.6 Å². The van der Waals surface area contributed by atoms with Crippen molar-refractivity contribution in [3.63, 3.8) is 0 Å². The highest BCUT2D eigenvalue weighted by atomic mass is 16.4. The molecule has 13 heavy (non-hydrogen) atoms. The van der Waals surface area contributed by atoms with Crippen LogP contribution in [0.4, 0.5) is 0 Å². The average molecular weight is 179 g/mol. The number of nitrogens with zero attached hydrogens (tertiary/aromatic N) is 1. The lowest BCUT2D eigenvalue weighted by atomic mass is 10.1. The zero-order chi connectivity index (χ0) is 9.68. The standard InChI is InChI=1S/C10H13NO2/c1-2-3-9-5-4-8(7-11-9)6-10(12)13/h4-5,7H,2-3,6H2,1H3,(H,12,13). The van der Waals surface area contributed by atoms with Crippen molar-refractivity contribution in [3.05, 3.63) is 29.6 Å². The van der Waals surface area contributed by atoms with Crippen molar-refractivity contribution >= 4 is 5.97 Å². The van der Waals surface area contributed by atoms with Gasteiger partial charge in [0.2, 0.25) is 0 Å². The van der Waals surface area contributed by atoms with Crippen molar-refractivity contribution in [1.29, 1.82) is 0 Å². The first kappa shape index (κ1) is 9.71. The van der Waals surface area contributed by atoms with Gasteiger partial charge in [0.25, 0.3) is 0 Å². The van der Waals surface area contributed by atoms with Gasteiger partial charge in [0, 0.05) is 11.9 Å². The van der Waals surface area contributed by atoms with Crippen molar-refractivity contribution in [1.82, 2.24) is 4.98 Å². The zero-order valence-electron chi connectivity index (χ0n) is 7.66. The Labute approximate surface area is 77.4 Å². The molecule has 0 fully saturated rings. The molecule has 3 nitrogen and oxygen atoms in total. The summed E-state index contributed by atoms with van der Waals surface area (Å²) in [4.78, 5) is 14.5. The number of hydrogen-bond donors (Lipinski definition) is 1. The van der Waals surface area contributed by atoms with E-state index in [1.807, 2.05) is 12.1 Å². The maximum absolute atomic E-state index is 10.4. The number of aromatic nitrogens is 1. The number of rotatable bonds is 4. The number of hydrogen-bond acceptors (Lipinski definition) is 2. The summed E-state index contributed by atoms with van der Waals surface area (Å²) in [6.45, 7) is 2.09. The monoisotopic (exact) mass is 179 g/mol. The fourth-order valence-electron chi connectivity index (χ4n) is 1.14. The van der Waals surface area contributed by atoms with Crippen LogP contribution in [-0.4, -0.2) is 16.1 Å². The van der Waals surface area contributed by atoms with Crippen LogP contribution in [0.2, 0.25) is 0 Å². The highest BCUT2D eigenvalue weighted by molar-refractivity contribution is 5.69. The fraction of sp³-hybridized carbons (Fsp3) is 0.400. The number of aryl methyl sites for hydroxylation is 1. The molecule has 0 aliphatic heterocycles. The second-order valence-electron chi connectivity index (χ2n) is 2.98. The number of carbonyl (C=O) groups is 1. The fourth-order valence-corrected chi connectivity index (χ4v) is 1.14. The maximum Gasteiger partial charge on any atom is 0.307 e. The number of carboxylic acid groups (broad SMARTS) is 1. The molecule has 0 saturated heterocycles. The van der Waals surface area contributed by atoms with Gasteiger partial charge in [-0.15, -0.1) is 0 Å². The molecule has 1 aromatic heterocycles. The predicted octanol–water partition coefficient (Wildman–Crippen LogP) is 1.66. The summed E-state index contributed by atoms with van der Waals surface area (Å²) in [5.41, 5.74) is 1.78. The van der Waals surface area contributed by atoms with Gasteiger partial charge in [-0.25, -0.2) is 0 Å². The zero-order valence-corrected chi connectivity index (χ0v) is 7.66. The summed E-state index contributed by atoms with van der Waals surface area (Å²) in [5.74, 6) is -0.815. The lowest BCUT2D eigenvalue weighted by molar-refractivity contribution is -0.136. The van der Waals surface area contributed by atoms with Crippen molar-refractivity contribution in [2.45, 2.75) is 26.2 Å². The molecule has 0 aliphatic rings. The van der Waals surface area contributed by atoms with Crippen LogP contribution in [0.5, 0.6) is 0 Å². The summed E-state index contributed by atoms with van der Waals surface area (Å²) in [7, 11) is 0. The van der Waals surface area contributed by atoms with Gasteiger partial charge in [-0.05, 0) is 18.1 Å². The Balaban J connectivity index is 2.64. The van der Waals surface area contributed by atoms with Gasteiger partial charge in [0.15, 0.2) is 0 Å². The molecular weight excluding hydrogens is 166 g/mol. The predicted molar refractivity (Wildman–Crippen MR) is 49.6 cm³/mol. The van der Waals surface area contributed by atoms with Crippen LogP contribution >= 0.6 is 0 Å². The SMILES string of the molecule is CCCc1ccc(CC(=O)O)cn1. The van der Waals surface area contributed by atoms with Crippen molar-refractivity contribution in [2.75, 3.05) is 0 Å². The molecule has 3 heteroatoms. The van der Waals surface area contributed by atoms with Crippen LogP contribution in [0, 0.1) is 0 Å². The molecule has 1 heterocycles. The minimum absolute atomic E-state index is 0.0550. The van der Waals surface area contributed by atoms with E-state index in [2.05, 4.69) is 11.9 Å². The number of carboxylic acids is 1. The van der Waals surface area contributed by atoms with E-state index < -0.39 is 5.97 Å². The molecule has 70 valence electrons. The van der Waals surface area contributed by atoms with Crippen LogP contribution in [0.25, 0.3) is 0 Å². The Kier molecular flexibility index (Phi) is 3.43. The van der Waals surface area contributed by atoms with Gasteiger partial charge in [0.05, 0.1) is 6.42 Å². The number of pyridine rings is 1. The van der Waals surface area contributed by atoms with Gasteiger partial charge in [-0.1, -0.05) is 19.4 Å². The molecule has 0 unspecified atom stereocenters. The highest BCUT2D eigenvalue weighted by Crippen LogP contribution is 2.03. The summed E-state index contributed by atoms with van der Waals surface area (Å²) in [6, 6.07) is 3.72. The third-order valence-electron chi connectivity index (χ3n) is 1.75. The average Bonchev–Trinajstić information content (AvgIpc) is 2.08. The molecule has 0 radical (unpaired) electrons. The molecule has 0 amide bonds. The van der Waals surface area contributed by atoms with E-state index in [4.69, 9.17) is 5.11 Å². The third kappa shape index (κ3) is 3.23. The third-order valence-corrected chi connectivity index (χ3v) is 1.75. The van der Waals surface area contributed by atoms with Crippen LogP contribution < -0.4 is 0 Å². The van der Waals surface area contributed by atoms with Gasteiger partial charge >= 0.3 is 5.97 Å². The highest BCUT2D eigenvalue weighted by Gasteiger charge is 2.00. The molecule has 0 spiro atoms. The first-order chi connectivity index (χ1) is 6.22. The molecular formula is C10H13NO2. The molecule has 1 rings (SSSR count). The lowest BCUT2D eigenvalue weighted by Crippen LogP contribution is -2.01. The molecule has 1 aromatic rings. The largest absolute Gasteiger partial charge is 0.481 e. The normalized spacial score (nSPS) is 9.92. The molecule has 1 N–H and O–H groups in total. The van der Waals surface area contributed by atoms with Crippen molar-refractivity contribution in [3.8, 4) is 0 Å². The van der Waals surface area contributed by atoms with Crippen LogP contribution in [0.15, 0.2) is 18.3 Å². The Morgan fingerprint density at radius 2 is 2.31 bits per heavy atom. The van der Waals surface area contributed by atoms with E-state index in [-0.39, 0.29) is 6.42 Å². The Morgan fingerprint density at radius 3 is 2.77 bits per heavy atom. The smallest absolute Gasteiger partial charge is 0.307 e. The molecule has 0 saturated carbocycles. The van der Waals surface area contributed by atoms with E-state index in [1.54, 1.807) is 6.20 Å². The van der Waals surface area contributed by atoms with Crippen LogP contribution in [0.3, 0.4) is 0 Å². The molecule has 0 bridgehead atoms. The summed E-state index contributed by atoms with van der Waals surface area (Å²) in [6.07, 6.45) is 3.71. The first-order valence-corrected chi connectivity index (χ1v) is 4.38. The van der Waals surface area contributed by atoms with Gasteiger partial charge in [-0.2, -0.15) is 0 Å². The van der Waals surface area contributed by atoms with Gasteiger partial charge in [-0.3, -0.25) is 9.78 Å². The van der Waals surface area contributed by atoms with E-state index in [9.17, 15) is 4.79 Å². The minimum atomic E-state index is -0.815. The van der Waals surface area contributed by atoms with Crippen molar-refractivity contribution < 1.29 is 9.90 Å². The van der Waals surface area contributed by atoms with Crippen LogP contribution in [0.1, 0.15) is 24.6 Å². The Bertz CT molecular complexity index is 279. The molecule has 0 aliphatic carbocycles. The summed E-state index contributed by atoms with van der Waals surface area (Å²) < 4.78 is 0. The summed E-state index contributed by atoms with van der Waals surface area (Å²) >= 11 is 0. The second kappa shape index (κ2) is 4.60. The van der Waals surface area contributed by atoms with Crippen molar-refractivity contribution in [2.24, 2.45) is 0 Å². The second-order valence-corrected chi connectivity index (χ2v) is 2.98. The molecule has 0 aromatic carbocycles. The first-order valence-electron chi connectivity index (χ1n) is 4.38. The van der Waals surface area contributed by atoms with E-state index in [1.165, 1.54) is 0 Å². The molecule has 0 atom stereocenters. The Hall–Kier alpha value is -1.38. The Morgan fingerprint density at radius 1 is 1.54 bits per heavy atom. The van der Waals surface area contributed by atoms with E-state index >= 15 is 0 Å². The van der Waals surface area contributed by atoms with E-state index in [0.717, 1.165) is 24.1 Å². The van der Waals surface area contributed by atoms with E-state index in [0.29, 0.717) is 0 Å². The van der Waals surface area contributed by atoms with Gasteiger partial charge in [0.1, 0.15) is 0 Å². The number of aliphatic carboxylic acids is 1. The minimum Gasteiger partial charge on any atom is -0.481 e. The topological polar surface area (TPSA) is 50.2 Å². The summed E-state index contributed by atoms with van der Waals surface area (Å²) in [5, 5.41) is 8.51. The quantitative estimate of drug-likeness (QED) is 0.764. The van der Waals surface area contributed by atoms with Gasteiger partial charge < -0.3 is 5.11 Å². The lowest BCUT2D eigenvalue weighted by Gasteiger charge is -1.99.